The van der Waals surface area contributed by atoms with Crippen LogP contribution in [0.15, 0.2) is 48.5 Å². The first-order chi connectivity index (χ1) is 16.9. The van der Waals surface area contributed by atoms with Gasteiger partial charge >= 0.3 is 0 Å². The number of aliphatic hydroxyl groups is 1. The van der Waals surface area contributed by atoms with Crippen molar-refractivity contribution in [1.29, 1.82) is 0 Å². The van der Waals surface area contributed by atoms with Gasteiger partial charge in [-0.05, 0) is 61.9 Å². The summed E-state index contributed by atoms with van der Waals surface area (Å²) in [5.74, 6) is 1.30. The van der Waals surface area contributed by atoms with Gasteiger partial charge in [-0.25, -0.2) is 8.78 Å². The Morgan fingerprint density at radius 1 is 1.14 bits per heavy atom. The zero-order valence-corrected chi connectivity index (χ0v) is 20.5. The number of ether oxygens (including phenoxy) is 1. The average Bonchev–Trinajstić information content (AvgIpc) is 3.19. The van der Waals surface area contributed by atoms with E-state index in [1.54, 1.807) is 4.90 Å². The Morgan fingerprint density at radius 3 is 2.60 bits per heavy atom. The Labute approximate surface area is 205 Å². The van der Waals surface area contributed by atoms with Gasteiger partial charge in [0, 0.05) is 42.3 Å². The van der Waals surface area contributed by atoms with Gasteiger partial charge in [-0.2, -0.15) is 0 Å². The van der Waals surface area contributed by atoms with E-state index in [9.17, 15) is 9.50 Å². The molecule has 0 bridgehead atoms. The third-order valence-electron chi connectivity index (χ3n) is 7.55. The lowest BCUT2D eigenvalue weighted by molar-refractivity contribution is 0.0175. The van der Waals surface area contributed by atoms with Crippen LogP contribution in [-0.4, -0.2) is 71.2 Å². The van der Waals surface area contributed by atoms with Gasteiger partial charge < -0.3 is 14.8 Å². The lowest BCUT2D eigenvalue weighted by atomic mass is 9.87. The number of rotatable bonds is 9. The first-order valence-corrected chi connectivity index (χ1v) is 12.5. The second-order valence-electron chi connectivity index (χ2n) is 10.5. The summed E-state index contributed by atoms with van der Waals surface area (Å²) in [4.78, 5) is 7.56. The van der Waals surface area contributed by atoms with Crippen LogP contribution in [0.25, 0.3) is 10.9 Å². The highest BCUT2D eigenvalue weighted by molar-refractivity contribution is 5.85. The topological polar surface area (TPSA) is 51.7 Å². The number of fused-ring (bicyclic) bond motifs is 3. The molecule has 2 aromatic carbocycles. The summed E-state index contributed by atoms with van der Waals surface area (Å²) in [6.45, 7) is 5.08. The predicted octanol–water partition coefficient (Wildman–Crippen LogP) is 4.85. The molecule has 0 saturated carbocycles. The molecule has 3 atom stereocenters. The molecule has 188 valence electrons. The summed E-state index contributed by atoms with van der Waals surface area (Å²) >= 11 is 0. The van der Waals surface area contributed by atoms with E-state index in [1.165, 1.54) is 17.9 Å². The third kappa shape index (κ3) is 4.95. The summed E-state index contributed by atoms with van der Waals surface area (Å²) in [6.07, 6.45) is 1.74. The van der Waals surface area contributed by atoms with Crippen molar-refractivity contribution < 1.29 is 18.6 Å². The number of benzene rings is 2. The summed E-state index contributed by atoms with van der Waals surface area (Å²) in [5.41, 5.74) is 2.82. The molecule has 2 aliphatic rings. The van der Waals surface area contributed by atoms with Crippen LogP contribution in [0.4, 0.5) is 8.78 Å². The minimum Gasteiger partial charge on any atom is -0.494 e. The molecule has 35 heavy (non-hydrogen) atoms. The molecule has 0 radical (unpaired) electrons. The zero-order chi connectivity index (χ0) is 24.6. The van der Waals surface area contributed by atoms with Crippen molar-refractivity contribution in [2.24, 2.45) is 5.92 Å². The molecule has 7 heteroatoms. The lowest BCUT2D eigenvalue weighted by Gasteiger charge is -2.43. The van der Waals surface area contributed by atoms with Crippen molar-refractivity contribution in [2.45, 2.75) is 44.4 Å². The predicted molar refractivity (Wildman–Crippen MR) is 134 cm³/mol. The van der Waals surface area contributed by atoms with E-state index in [-0.39, 0.29) is 25.4 Å². The van der Waals surface area contributed by atoms with Crippen molar-refractivity contribution in [3.8, 4) is 5.75 Å². The van der Waals surface area contributed by atoms with E-state index in [4.69, 9.17) is 4.74 Å². The van der Waals surface area contributed by atoms with Crippen LogP contribution in [-0.2, 0) is 6.42 Å². The number of hydrogen-bond donors (Lipinski definition) is 2. The summed E-state index contributed by atoms with van der Waals surface area (Å²) < 4.78 is 33.6. The molecular weight excluding hydrogens is 448 g/mol. The maximum atomic E-state index is 15.1. The second kappa shape index (κ2) is 9.88. The maximum Gasteiger partial charge on any atom is 0.143 e. The van der Waals surface area contributed by atoms with Gasteiger partial charge in [-0.1, -0.05) is 30.3 Å². The number of alkyl halides is 2. The Hall–Kier alpha value is -2.48. The molecule has 0 spiro atoms. The van der Waals surface area contributed by atoms with Gasteiger partial charge in [0.05, 0.1) is 19.3 Å². The van der Waals surface area contributed by atoms with Gasteiger partial charge in [-0.15, -0.1) is 0 Å². The van der Waals surface area contributed by atoms with Crippen LogP contribution in [0, 0.1) is 5.92 Å². The molecule has 1 fully saturated rings. The fourth-order valence-electron chi connectivity index (χ4n) is 5.59. The van der Waals surface area contributed by atoms with Gasteiger partial charge in [0.2, 0.25) is 0 Å². The number of nitrogens with zero attached hydrogens (tertiary/aromatic N) is 2. The molecule has 0 aliphatic carbocycles. The van der Waals surface area contributed by atoms with Crippen molar-refractivity contribution in [3.05, 3.63) is 65.4 Å². The number of para-hydroxylation sites is 1. The van der Waals surface area contributed by atoms with Gasteiger partial charge in [0.25, 0.3) is 0 Å². The van der Waals surface area contributed by atoms with Crippen LogP contribution in [0.5, 0.6) is 5.75 Å². The van der Waals surface area contributed by atoms with E-state index >= 15 is 4.39 Å². The first-order valence-electron chi connectivity index (χ1n) is 12.5. The van der Waals surface area contributed by atoms with E-state index in [0.29, 0.717) is 12.5 Å². The normalized spacial score (nSPS) is 23.1. The molecule has 0 unspecified atom stereocenters. The summed E-state index contributed by atoms with van der Waals surface area (Å²) in [5, 5.41) is 10.9. The van der Waals surface area contributed by atoms with Crippen molar-refractivity contribution in [3.63, 3.8) is 0 Å². The van der Waals surface area contributed by atoms with Crippen molar-refractivity contribution in [1.82, 2.24) is 14.8 Å². The molecule has 5 rings (SSSR count). The number of hydrogen-bond acceptors (Lipinski definition) is 4. The Morgan fingerprint density at radius 2 is 1.89 bits per heavy atom. The Kier molecular flexibility index (Phi) is 6.84. The van der Waals surface area contributed by atoms with Gasteiger partial charge in [-0.3, -0.25) is 9.80 Å². The van der Waals surface area contributed by atoms with Crippen LogP contribution in [0.1, 0.15) is 43.1 Å². The second-order valence-corrected chi connectivity index (χ2v) is 10.5. The smallest absolute Gasteiger partial charge is 0.143 e. The molecular formula is C28H35F2N3O2. The third-order valence-corrected chi connectivity index (χ3v) is 7.55. The van der Waals surface area contributed by atoms with Crippen LogP contribution < -0.4 is 4.74 Å². The summed E-state index contributed by atoms with van der Waals surface area (Å²) in [6, 6.07) is 16.3. The number of aromatic amines is 1. The van der Waals surface area contributed by atoms with Gasteiger partial charge in [0.15, 0.2) is 0 Å². The largest absolute Gasteiger partial charge is 0.494 e. The van der Waals surface area contributed by atoms with Crippen molar-refractivity contribution >= 4 is 10.9 Å². The van der Waals surface area contributed by atoms with E-state index in [0.717, 1.165) is 48.5 Å². The Balaban J connectivity index is 1.39. The molecule has 1 saturated heterocycles. The highest BCUT2D eigenvalue weighted by Gasteiger charge is 2.39. The molecule has 5 nitrogen and oxygen atoms in total. The fourth-order valence-corrected chi connectivity index (χ4v) is 5.59. The Bertz CT molecular complexity index is 1140. The summed E-state index contributed by atoms with van der Waals surface area (Å²) in [7, 11) is 0. The molecule has 2 N–H and O–H groups in total. The SMILES string of the molecule is C[C@@H]1Cc2c([nH]c3ccccc23)[C@@H](c2ccc(OCCC3CN(CF)C3)cc2)N1C[C@@](C)(F)CO. The van der Waals surface area contributed by atoms with Crippen LogP contribution in [0.3, 0.4) is 0 Å². The lowest BCUT2D eigenvalue weighted by Crippen LogP contribution is -2.49. The van der Waals surface area contributed by atoms with E-state index in [2.05, 4.69) is 47.1 Å². The number of likely N-dealkylation sites (tertiary alicyclic amines) is 1. The molecule has 3 heterocycles. The monoisotopic (exact) mass is 483 g/mol. The minimum atomic E-state index is -1.70. The average molecular weight is 484 g/mol. The van der Waals surface area contributed by atoms with Crippen molar-refractivity contribution in [2.75, 3.05) is 39.6 Å². The highest BCUT2D eigenvalue weighted by atomic mass is 19.1. The quantitative estimate of drug-likeness (QED) is 0.427. The number of nitrogens with one attached hydrogen (secondary N) is 1. The highest BCUT2D eigenvalue weighted by Crippen LogP contribution is 2.42. The molecule has 2 aliphatic heterocycles. The molecule has 0 amide bonds. The maximum absolute atomic E-state index is 15.1. The van der Waals surface area contributed by atoms with Gasteiger partial charge in [0.1, 0.15) is 18.2 Å². The zero-order valence-electron chi connectivity index (χ0n) is 20.5. The molecule has 3 aromatic rings. The number of halogens is 2. The number of aliphatic hydroxyl groups excluding tert-OH is 1. The number of aromatic nitrogens is 1. The first kappa shape index (κ1) is 24.2. The van der Waals surface area contributed by atoms with E-state index in [1.807, 2.05) is 18.2 Å². The number of H-pyrrole nitrogens is 1. The van der Waals surface area contributed by atoms with Crippen LogP contribution >= 0.6 is 0 Å². The van der Waals surface area contributed by atoms with E-state index < -0.39 is 12.3 Å². The fraction of sp³-hybridized carbons (Fsp3) is 0.500. The molecule has 1 aromatic heterocycles. The minimum absolute atomic E-state index is 0.107. The van der Waals surface area contributed by atoms with Crippen LogP contribution in [0.2, 0.25) is 0 Å². The standard InChI is InChI=1S/C28H35F2N3O2/c1-19-13-24-23-5-3-4-6-25(23)31-26(24)27(33(19)16-28(2,30)17-34)21-7-9-22(10-8-21)35-12-11-20-14-32(15-20)18-29/h3-10,19-20,27,31,34H,11-18H2,1-2H3/t19-,27-,28-/m1/s1.